The lowest BCUT2D eigenvalue weighted by Crippen LogP contribution is -2.49. The number of ether oxygens (including phenoxy) is 7. The molecular weight excluding hydrogens is 704 g/mol. The van der Waals surface area contributed by atoms with Crippen LogP contribution in [0.4, 0.5) is 5.82 Å². The van der Waals surface area contributed by atoms with E-state index in [0.29, 0.717) is 105 Å². The summed E-state index contributed by atoms with van der Waals surface area (Å²) >= 11 is 0. The number of aromatic nitrogens is 4. The minimum atomic E-state index is -0.0569. The molecule has 304 valence electrons. The highest BCUT2D eigenvalue weighted by atomic mass is 16.6. The van der Waals surface area contributed by atoms with Crippen molar-refractivity contribution in [2.75, 3.05) is 110 Å². The van der Waals surface area contributed by atoms with Gasteiger partial charge in [0.25, 0.3) is 0 Å². The summed E-state index contributed by atoms with van der Waals surface area (Å²) in [6.07, 6.45) is 13.6. The quantitative estimate of drug-likeness (QED) is 0.0866. The molecule has 0 bridgehead atoms. The highest BCUT2D eigenvalue weighted by Gasteiger charge is 2.40. The predicted octanol–water partition coefficient (Wildman–Crippen LogP) is 5.45. The van der Waals surface area contributed by atoms with Crippen molar-refractivity contribution in [3.05, 3.63) is 30.6 Å². The molecule has 14 heteroatoms. The van der Waals surface area contributed by atoms with Gasteiger partial charge in [0.2, 0.25) is 5.91 Å². The molecule has 3 aliphatic rings. The lowest BCUT2D eigenvalue weighted by Gasteiger charge is -2.35. The Balaban J connectivity index is 0.732. The molecule has 2 saturated carbocycles. The predicted molar refractivity (Wildman–Crippen MR) is 210 cm³/mol. The van der Waals surface area contributed by atoms with E-state index in [0.717, 1.165) is 59.2 Å². The molecule has 14 nitrogen and oxygen atoms in total. The Kier molecular flexibility index (Phi) is 16.8. The molecule has 3 fully saturated rings. The largest absolute Gasteiger partial charge is 0.488 e. The summed E-state index contributed by atoms with van der Waals surface area (Å²) in [5.74, 6) is 2.61. The molecule has 1 N–H and O–H groups in total. The summed E-state index contributed by atoms with van der Waals surface area (Å²) < 4.78 is 39.9. The van der Waals surface area contributed by atoms with Gasteiger partial charge in [0.1, 0.15) is 29.2 Å². The number of carbonyl (C=O) groups is 1. The molecule has 3 heterocycles. The molecule has 2 aliphatic carbocycles. The van der Waals surface area contributed by atoms with E-state index >= 15 is 0 Å². The number of hydrogen-bond acceptors (Lipinski definition) is 12. The van der Waals surface area contributed by atoms with Gasteiger partial charge in [0, 0.05) is 44.2 Å². The number of benzene rings is 1. The van der Waals surface area contributed by atoms with E-state index < -0.39 is 0 Å². The van der Waals surface area contributed by atoms with Crippen molar-refractivity contribution in [3.8, 4) is 17.1 Å². The number of piperazine rings is 1. The fourth-order valence-corrected chi connectivity index (χ4v) is 7.07. The highest BCUT2D eigenvalue weighted by molar-refractivity contribution is 5.93. The zero-order valence-electron chi connectivity index (χ0n) is 32.9. The van der Waals surface area contributed by atoms with Gasteiger partial charge in [-0.1, -0.05) is 38.5 Å². The fourth-order valence-electron chi connectivity index (χ4n) is 7.07. The van der Waals surface area contributed by atoms with E-state index in [2.05, 4.69) is 32.0 Å². The molecule has 0 spiro atoms. The van der Waals surface area contributed by atoms with Gasteiger partial charge in [-0.25, -0.2) is 9.97 Å². The van der Waals surface area contributed by atoms with Gasteiger partial charge < -0.3 is 43.0 Å². The first-order chi connectivity index (χ1) is 27.1. The van der Waals surface area contributed by atoms with Crippen LogP contribution in [0.2, 0.25) is 0 Å². The molecule has 0 radical (unpaired) electrons. The third-order valence-electron chi connectivity index (χ3n) is 10.7. The van der Waals surface area contributed by atoms with Crippen LogP contribution in [0.15, 0.2) is 30.6 Å². The fraction of sp³-hybridized carbons (Fsp3) is 0.707. The standard InChI is InChI=1S/C41H62N6O8/c1-41(12-13-41)55-34-8-9-36-35(30-34)40(45-44-36)37-31-38(43-32-42-37)46-14-16-47(17-15-46)39(48)11-19-50-21-23-52-25-27-54-29-28-53-26-24-51-22-20-49-18-10-33-6-4-2-3-5-7-33/h8-9,30-33H,2-7,10-29H2,1H3,(H,44,45). The number of anilines is 1. The molecule has 6 rings (SSSR count). The number of hydrogen-bond donors (Lipinski definition) is 1. The van der Waals surface area contributed by atoms with Crippen LogP contribution < -0.4 is 9.64 Å². The molecule has 0 unspecified atom stereocenters. The second-order valence-electron chi connectivity index (χ2n) is 15.0. The van der Waals surface area contributed by atoms with Crippen LogP contribution in [0.1, 0.15) is 71.1 Å². The number of amides is 1. The maximum Gasteiger partial charge on any atom is 0.225 e. The third-order valence-corrected chi connectivity index (χ3v) is 10.7. The first kappa shape index (κ1) is 41.2. The van der Waals surface area contributed by atoms with Crippen molar-refractivity contribution in [2.45, 2.75) is 76.7 Å². The second kappa shape index (κ2) is 22.4. The Morgan fingerprint density at radius 3 is 1.96 bits per heavy atom. The summed E-state index contributed by atoms with van der Waals surface area (Å²) in [7, 11) is 0. The van der Waals surface area contributed by atoms with E-state index in [9.17, 15) is 4.79 Å². The van der Waals surface area contributed by atoms with Gasteiger partial charge in [0.15, 0.2) is 0 Å². The number of carbonyl (C=O) groups excluding carboxylic acids is 1. The average Bonchev–Trinajstić information content (AvgIpc) is 3.88. The monoisotopic (exact) mass is 766 g/mol. The number of nitrogens with zero attached hydrogens (tertiary/aromatic N) is 5. The SMILES string of the molecule is CC1(Oc2ccc3[nH]nc(-c4cc(N5CCN(C(=O)CCOCCOCCOCCOCCOCCOCCC6CCCCCC6)CC5)ncn4)c3c2)CC1. The topological polar surface area (TPSA) is 143 Å². The third kappa shape index (κ3) is 13.9. The van der Waals surface area contributed by atoms with Crippen molar-refractivity contribution in [2.24, 2.45) is 5.92 Å². The molecule has 0 atom stereocenters. The minimum Gasteiger partial charge on any atom is -0.488 e. The lowest BCUT2D eigenvalue weighted by molar-refractivity contribution is -0.132. The lowest BCUT2D eigenvalue weighted by atomic mass is 9.97. The number of fused-ring (bicyclic) bond motifs is 1. The van der Waals surface area contributed by atoms with E-state index in [1.54, 1.807) is 6.33 Å². The summed E-state index contributed by atoms with van der Waals surface area (Å²) in [6.45, 7) is 11.2. The van der Waals surface area contributed by atoms with Crippen molar-refractivity contribution < 1.29 is 38.0 Å². The van der Waals surface area contributed by atoms with Crippen LogP contribution >= 0.6 is 0 Å². The van der Waals surface area contributed by atoms with E-state index in [1.165, 1.54) is 44.9 Å². The minimum absolute atomic E-state index is 0.0569. The average molecular weight is 767 g/mol. The van der Waals surface area contributed by atoms with Crippen LogP contribution in [-0.2, 0) is 33.2 Å². The number of H-pyrrole nitrogens is 1. The maximum atomic E-state index is 12.8. The van der Waals surface area contributed by atoms with Gasteiger partial charge in [-0.05, 0) is 50.3 Å². The van der Waals surface area contributed by atoms with Crippen molar-refractivity contribution in [1.29, 1.82) is 0 Å². The van der Waals surface area contributed by atoms with Crippen LogP contribution in [0.3, 0.4) is 0 Å². The van der Waals surface area contributed by atoms with E-state index in [4.69, 9.17) is 33.2 Å². The highest BCUT2D eigenvalue weighted by Crippen LogP contribution is 2.40. The number of nitrogens with one attached hydrogen (secondary N) is 1. The van der Waals surface area contributed by atoms with Gasteiger partial charge in [-0.2, -0.15) is 5.10 Å². The zero-order valence-corrected chi connectivity index (χ0v) is 32.9. The molecule has 1 aliphatic heterocycles. The van der Waals surface area contributed by atoms with E-state index in [1.807, 2.05) is 29.2 Å². The Morgan fingerprint density at radius 1 is 0.745 bits per heavy atom. The van der Waals surface area contributed by atoms with Crippen LogP contribution in [0.25, 0.3) is 22.3 Å². The van der Waals surface area contributed by atoms with Crippen LogP contribution in [0.5, 0.6) is 5.75 Å². The molecular formula is C41H62N6O8. The van der Waals surface area contributed by atoms with Gasteiger partial charge in [-0.15, -0.1) is 0 Å². The normalized spacial score (nSPS) is 17.5. The molecule has 55 heavy (non-hydrogen) atoms. The van der Waals surface area contributed by atoms with Gasteiger partial charge in [-0.3, -0.25) is 9.89 Å². The van der Waals surface area contributed by atoms with Crippen molar-refractivity contribution in [1.82, 2.24) is 25.1 Å². The summed E-state index contributed by atoms with van der Waals surface area (Å²) in [4.78, 5) is 26.0. The smallest absolute Gasteiger partial charge is 0.225 e. The van der Waals surface area contributed by atoms with E-state index in [-0.39, 0.29) is 11.5 Å². The Bertz CT molecular complexity index is 1550. The molecule has 1 saturated heterocycles. The molecule has 3 aromatic rings. The van der Waals surface area contributed by atoms with Gasteiger partial charge in [0.05, 0.1) is 90.3 Å². The van der Waals surface area contributed by atoms with Crippen LogP contribution in [0, 0.1) is 5.92 Å². The summed E-state index contributed by atoms with van der Waals surface area (Å²) in [6, 6.07) is 7.97. The summed E-state index contributed by atoms with van der Waals surface area (Å²) in [5, 5.41) is 8.63. The molecule has 2 aromatic heterocycles. The second-order valence-corrected chi connectivity index (χ2v) is 15.0. The first-order valence-corrected chi connectivity index (χ1v) is 20.6. The number of rotatable bonds is 25. The van der Waals surface area contributed by atoms with Gasteiger partial charge >= 0.3 is 0 Å². The molecule has 1 aromatic carbocycles. The Hall–Kier alpha value is -3.40. The molecule has 1 amide bonds. The number of aromatic amines is 1. The van der Waals surface area contributed by atoms with Crippen LogP contribution in [-0.4, -0.2) is 142 Å². The van der Waals surface area contributed by atoms with Crippen molar-refractivity contribution in [3.63, 3.8) is 0 Å². The Morgan fingerprint density at radius 2 is 1.35 bits per heavy atom. The summed E-state index contributed by atoms with van der Waals surface area (Å²) in [5.41, 5.74) is 2.38. The first-order valence-electron chi connectivity index (χ1n) is 20.6. The van der Waals surface area contributed by atoms with Crippen molar-refractivity contribution >= 4 is 22.6 Å². The maximum absolute atomic E-state index is 12.8. The zero-order chi connectivity index (χ0) is 38.0. The Labute approximate surface area is 325 Å².